The van der Waals surface area contributed by atoms with Gasteiger partial charge in [-0.1, -0.05) is 42.0 Å². The minimum Gasteiger partial charge on any atom is -0.492 e. The molecule has 3 rings (SSSR count). The van der Waals surface area contributed by atoms with E-state index >= 15 is 0 Å². The predicted molar refractivity (Wildman–Crippen MR) is 140 cm³/mol. The van der Waals surface area contributed by atoms with Crippen LogP contribution in [-0.2, 0) is 14.8 Å². The molecule has 0 spiro atoms. The third-order valence-corrected chi connectivity index (χ3v) is 7.60. The van der Waals surface area contributed by atoms with Gasteiger partial charge in [-0.15, -0.1) is 0 Å². The lowest BCUT2D eigenvalue weighted by atomic mass is 10.00. The molecule has 0 aliphatic rings. The number of hydrazone groups is 1. The van der Waals surface area contributed by atoms with Crippen LogP contribution in [-0.4, -0.2) is 33.7 Å². The van der Waals surface area contributed by atoms with E-state index in [-0.39, 0.29) is 10.6 Å². The Hall–Kier alpha value is -3.65. The Labute approximate surface area is 207 Å². The Kier molecular flexibility index (Phi) is 8.30. The van der Waals surface area contributed by atoms with Crippen molar-refractivity contribution in [3.05, 3.63) is 88.5 Å². The van der Waals surface area contributed by atoms with Gasteiger partial charge in [-0.05, 0) is 81.1 Å². The standard InChI is InChI=1S/C27H31N3O4S/c1-6-34-26-10-8-7-9-25(26)30(35(32,33)24-15-11-19(2)12-16-24)18-27(31)29-28-17-23-14-13-20(3)21(4)22(23)5/h7-17H,6,18H2,1-5H3,(H,29,31)/b28-17-. The Balaban J connectivity index is 1.91. The molecule has 0 aromatic heterocycles. The number of hydrogen-bond donors (Lipinski definition) is 1. The van der Waals surface area contributed by atoms with Gasteiger partial charge in [0, 0.05) is 0 Å². The maximum absolute atomic E-state index is 13.6. The van der Waals surface area contributed by atoms with Crippen LogP contribution in [0, 0.1) is 27.7 Å². The fourth-order valence-corrected chi connectivity index (χ4v) is 4.97. The highest BCUT2D eigenvalue weighted by Crippen LogP contribution is 2.32. The van der Waals surface area contributed by atoms with Crippen LogP contribution >= 0.6 is 0 Å². The first kappa shape index (κ1) is 26.0. The van der Waals surface area contributed by atoms with E-state index in [9.17, 15) is 13.2 Å². The summed E-state index contributed by atoms with van der Waals surface area (Å²) in [6, 6.07) is 17.2. The molecule has 35 heavy (non-hydrogen) atoms. The second kappa shape index (κ2) is 11.2. The molecule has 0 radical (unpaired) electrons. The molecular formula is C27H31N3O4S. The number of sulfonamides is 1. The first-order valence-corrected chi connectivity index (χ1v) is 12.8. The van der Waals surface area contributed by atoms with Crippen molar-refractivity contribution in [3.8, 4) is 5.75 Å². The van der Waals surface area contributed by atoms with Gasteiger partial charge < -0.3 is 4.74 Å². The Morgan fingerprint density at radius 2 is 1.66 bits per heavy atom. The van der Waals surface area contributed by atoms with Crippen molar-refractivity contribution >= 4 is 27.8 Å². The second-order valence-electron chi connectivity index (χ2n) is 8.24. The number of amides is 1. The van der Waals surface area contributed by atoms with Crippen LogP contribution in [0.25, 0.3) is 0 Å². The quantitative estimate of drug-likeness (QED) is 0.347. The third-order valence-electron chi connectivity index (χ3n) is 5.82. The van der Waals surface area contributed by atoms with Crippen LogP contribution in [0.15, 0.2) is 70.7 Å². The summed E-state index contributed by atoms with van der Waals surface area (Å²) < 4.78 is 33.9. The SMILES string of the molecule is CCOc1ccccc1N(CC(=O)N/N=C\c1ccc(C)c(C)c1C)S(=O)(=O)c1ccc(C)cc1. The lowest BCUT2D eigenvalue weighted by Gasteiger charge is -2.25. The van der Waals surface area contributed by atoms with E-state index in [2.05, 4.69) is 10.5 Å². The summed E-state index contributed by atoms with van der Waals surface area (Å²) in [4.78, 5) is 12.9. The first-order chi connectivity index (χ1) is 16.6. The molecular weight excluding hydrogens is 462 g/mol. The third kappa shape index (κ3) is 6.08. The molecule has 184 valence electrons. The minimum absolute atomic E-state index is 0.0801. The van der Waals surface area contributed by atoms with Crippen molar-refractivity contribution in [2.24, 2.45) is 5.10 Å². The smallest absolute Gasteiger partial charge is 0.264 e. The van der Waals surface area contributed by atoms with Crippen molar-refractivity contribution in [2.75, 3.05) is 17.5 Å². The first-order valence-electron chi connectivity index (χ1n) is 11.3. The van der Waals surface area contributed by atoms with Gasteiger partial charge in [-0.3, -0.25) is 9.10 Å². The molecule has 0 saturated heterocycles. The maximum Gasteiger partial charge on any atom is 0.264 e. The van der Waals surface area contributed by atoms with Crippen LogP contribution < -0.4 is 14.5 Å². The summed E-state index contributed by atoms with van der Waals surface area (Å²) in [5.41, 5.74) is 7.94. The van der Waals surface area contributed by atoms with Crippen LogP contribution in [0.3, 0.4) is 0 Å². The number of rotatable bonds is 9. The van der Waals surface area contributed by atoms with Gasteiger partial charge in [0.05, 0.1) is 23.4 Å². The molecule has 7 nitrogen and oxygen atoms in total. The van der Waals surface area contributed by atoms with Crippen molar-refractivity contribution in [1.29, 1.82) is 0 Å². The van der Waals surface area contributed by atoms with Gasteiger partial charge in [0.15, 0.2) is 0 Å². The Morgan fingerprint density at radius 1 is 0.971 bits per heavy atom. The van der Waals surface area contributed by atoms with E-state index in [1.807, 2.05) is 46.8 Å². The highest BCUT2D eigenvalue weighted by molar-refractivity contribution is 7.92. The Bertz CT molecular complexity index is 1330. The molecule has 0 fully saturated rings. The summed E-state index contributed by atoms with van der Waals surface area (Å²) in [7, 11) is -4.06. The molecule has 3 aromatic rings. The average Bonchev–Trinajstić information content (AvgIpc) is 2.83. The van der Waals surface area contributed by atoms with Crippen LogP contribution in [0.1, 0.15) is 34.7 Å². The number of benzene rings is 3. The van der Waals surface area contributed by atoms with Crippen molar-refractivity contribution in [3.63, 3.8) is 0 Å². The molecule has 3 aromatic carbocycles. The zero-order valence-corrected chi connectivity index (χ0v) is 21.5. The van der Waals surface area contributed by atoms with E-state index in [1.165, 1.54) is 17.7 Å². The zero-order chi connectivity index (χ0) is 25.6. The zero-order valence-electron chi connectivity index (χ0n) is 20.7. The highest BCUT2D eigenvalue weighted by atomic mass is 32.2. The van der Waals surface area contributed by atoms with Gasteiger partial charge in [0.2, 0.25) is 0 Å². The normalized spacial score (nSPS) is 11.5. The molecule has 1 amide bonds. The van der Waals surface area contributed by atoms with Gasteiger partial charge in [0.1, 0.15) is 12.3 Å². The van der Waals surface area contributed by atoms with Crippen LogP contribution in [0.5, 0.6) is 5.75 Å². The van der Waals surface area contributed by atoms with Crippen LogP contribution in [0.4, 0.5) is 5.69 Å². The Morgan fingerprint density at radius 3 is 2.34 bits per heavy atom. The van der Waals surface area contributed by atoms with Crippen molar-refractivity contribution in [1.82, 2.24) is 5.43 Å². The van der Waals surface area contributed by atoms with Crippen molar-refractivity contribution < 1.29 is 17.9 Å². The average molecular weight is 494 g/mol. The lowest BCUT2D eigenvalue weighted by molar-refractivity contribution is -0.119. The highest BCUT2D eigenvalue weighted by Gasteiger charge is 2.29. The molecule has 0 aliphatic heterocycles. The van der Waals surface area contributed by atoms with Crippen LogP contribution in [0.2, 0.25) is 0 Å². The lowest BCUT2D eigenvalue weighted by Crippen LogP contribution is -2.39. The molecule has 1 N–H and O–H groups in total. The maximum atomic E-state index is 13.6. The molecule has 8 heteroatoms. The minimum atomic E-state index is -4.06. The summed E-state index contributed by atoms with van der Waals surface area (Å²) >= 11 is 0. The van der Waals surface area contributed by atoms with Crippen molar-refractivity contribution in [2.45, 2.75) is 39.5 Å². The summed E-state index contributed by atoms with van der Waals surface area (Å²) in [6.07, 6.45) is 1.56. The molecule has 0 heterocycles. The number of ether oxygens (including phenoxy) is 1. The topological polar surface area (TPSA) is 88.1 Å². The second-order valence-corrected chi connectivity index (χ2v) is 10.1. The largest absolute Gasteiger partial charge is 0.492 e. The molecule has 0 saturated carbocycles. The molecule has 0 unspecified atom stereocenters. The summed E-state index contributed by atoms with van der Waals surface area (Å²) in [5.74, 6) is -0.211. The summed E-state index contributed by atoms with van der Waals surface area (Å²) in [5, 5.41) is 4.07. The molecule has 0 atom stereocenters. The summed E-state index contributed by atoms with van der Waals surface area (Å²) in [6.45, 7) is 9.63. The number of para-hydroxylation sites is 2. The number of carbonyl (C=O) groups excluding carboxylic acids is 1. The van der Waals surface area contributed by atoms with E-state index in [1.54, 1.807) is 42.6 Å². The van der Waals surface area contributed by atoms with Gasteiger partial charge >= 0.3 is 0 Å². The fraction of sp³-hybridized carbons (Fsp3) is 0.259. The predicted octanol–water partition coefficient (Wildman–Crippen LogP) is 4.66. The molecule has 0 aliphatic carbocycles. The molecule has 0 bridgehead atoms. The number of hydrogen-bond acceptors (Lipinski definition) is 5. The number of nitrogens with zero attached hydrogens (tertiary/aromatic N) is 2. The van der Waals surface area contributed by atoms with E-state index in [0.29, 0.717) is 12.4 Å². The van der Waals surface area contributed by atoms with Gasteiger partial charge in [-0.25, -0.2) is 13.8 Å². The fourth-order valence-electron chi connectivity index (χ4n) is 3.53. The number of aryl methyl sites for hydroxylation is 2. The van der Waals surface area contributed by atoms with E-state index in [4.69, 9.17) is 4.74 Å². The number of anilines is 1. The number of nitrogens with one attached hydrogen (secondary N) is 1. The monoisotopic (exact) mass is 493 g/mol. The number of carbonyl (C=O) groups is 1. The van der Waals surface area contributed by atoms with Gasteiger partial charge in [-0.2, -0.15) is 5.10 Å². The van der Waals surface area contributed by atoms with E-state index < -0.39 is 22.5 Å². The van der Waals surface area contributed by atoms with Gasteiger partial charge in [0.25, 0.3) is 15.9 Å². The van der Waals surface area contributed by atoms with E-state index in [0.717, 1.165) is 26.6 Å².